The van der Waals surface area contributed by atoms with Crippen molar-refractivity contribution in [3.63, 3.8) is 0 Å². The van der Waals surface area contributed by atoms with Crippen molar-refractivity contribution in [3.8, 4) is 0 Å². The minimum Gasteiger partial charge on any atom is -0.404 e. The molecule has 5 N–H and O–H groups in total. The lowest BCUT2D eigenvalue weighted by molar-refractivity contribution is 1.11. The van der Waals surface area contributed by atoms with Crippen molar-refractivity contribution >= 4 is 45.8 Å². The van der Waals surface area contributed by atoms with Crippen LogP contribution in [0.15, 0.2) is 53.8 Å². The van der Waals surface area contributed by atoms with Crippen molar-refractivity contribution in [2.24, 2.45) is 10.7 Å². The lowest BCUT2D eigenvalue weighted by Gasteiger charge is -2.12. The third-order valence-corrected chi connectivity index (χ3v) is 4.19. The van der Waals surface area contributed by atoms with Crippen LogP contribution in [0.4, 0.5) is 11.5 Å². The van der Waals surface area contributed by atoms with Crippen LogP contribution in [0.3, 0.4) is 0 Å². The molecule has 0 atom stereocenters. The first-order valence-electron chi connectivity index (χ1n) is 8.00. The van der Waals surface area contributed by atoms with Crippen LogP contribution in [0, 0.1) is 0 Å². The number of nitrogens with zero attached hydrogens (tertiary/aromatic N) is 3. The summed E-state index contributed by atoms with van der Waals surface area (Å²) < 4.78 is 0. The fourth-order valence-corrected chi connectivity index (χ4v) is 2.75. The van der Waals surface area contributed by atoms with Crippen molar-refractivity contribution in [2.75, 3.05) is 18.1 Å². The van der Waals surface area contributed by atoms with Crippen LogP contribution in [-0.4, -0.2) is 23.2 Å². The Labute approximate surface area is 156 Å². The maximum Gasteiger partial charge on any atom is 0.151 e. The molecule has 26 heavy (non-hydrogen) atoms. The van der Waals surface area contributed by atoms with Crippen LogP contribution in [0.5, 0.6) is 0 Å². The third-order valence-electron chi connectivity index (χ3n) is 3.88. The molecule has 0 fully saturated rings. The summed E-state index contributed by atoms with van der Waals surface area (Å²) in [6.45, 7) is 0.547. The number of nitrogens with one attached hydrogen (secondary N) is 1. The molecule has 0 spiro atoms. The fourth-order valence-electron chi connectivity index (χ4n) is 2.56. The molecule has 7 heteroatoms. The first-order chi connectivity index (χ1) is 12.6. The molecule has 1 aromatic carbocycles. The normalized spacial score (nSPS) is 12.0. The number of nitrogen functional groups attached to an aromatic ring is 1. The fraction of sp³-hybridized carbons (Fsp3) is 0.105. The van der Waals surface area contributed by atoms with Crippen LogP contribution in [0.25, 0.3) is 16.5 Å². The van der Waals surface area contributed by atoms with Crippen LogP contribution >= 0.6 is 11.6 Å². The Hall–Kier alpha value is -3.12. The van der Waals surface area contributed by atoms with Gasteiger partial charge in [-0.05, 0) is 29.8 Å². The second-order valence-corrected chi connectivity index (χ2v) is 6.05. The predicted molar refractivity (Wildman–Crippen MR) is 109 cm³/mol. The minimum absolute atomic E-state index is 0.391. The molecule has 0 aliphatic heterocycles. The van der Waals surface area contributed by atoms with Gasteiger partial charge in [0, 0.05) is 43.2 Å². The quantitative estimate of drug-likeness (QED) is 0.600. The van der Waals surface area contributed by atoms with E-state index in [4.69, 9.17) is 23.1 Å². The monoisotopic (exact) mass is 366 g/mol. The third kappa shape index (κ3) is 3.75. The molecule has 3 rings (SSSR count). The zero-order chi connectivity index (χ0) is 18.5. The Balaban J connectivity index is 1.87. The number of benzene rings is 1. The molecular weight excluding hydrogens is 348 g/mol. The number of hydrogen-bond acceptors (Lipinski definition) is 6. The number of halogens is 1. The first-order valence-corrected chi connectivity index (χ1v) is 8.38. The highest BCUT2D eigenvalue weighted by molar-refractivity contribution is 6.34. The summed E-state index contributed by atoms with van der Waals surface area (Å²) in [5.74, 6) is 0.502. The van der Waals surface area contributed by atoms with Crippen molar-refractivity contribution in [1.82, 2.24) is 9.97 Å². The maximum absolute atomic E-state index is 6.25. The summed E-state index contributed by atoms with van der Waals surface area (Å²) in [5.41, 5.74) is 15.4. The molecule has 0 saturated carbocycles. The van der Waals surface area contributed by atoms with Gasteiger partial charge in [0.25, 0.3) is 0 Å². The highest BCUT2D eigenvalue weighted by Gasteiger charge is 2.11. The lowest BCUT2D eigenvalue weighted by atomic mass is 10.1. The van der Waals surface area contributed by atoms with Crippen molar-refractivity contribution < 1.29 is 0 Å². The molecule has 2 heterocycles. The first kappa shape index (κ1) is 17.7. The molecule has 6 nitrogen and oxygen atoms in total. The van der Waals surface area contributed by atoms with Crippen molar-refractivity contribution in [2.45, 2.75) is 6.54 Å². The number of allylic oxidation sites excluding steroid dienone is 1. The predicted octanol–water partition coefficient (Wildman–Crippen LogP) is 3.48. The van der Waals surface area contributed by atoms with Gasteiger partial charge < -0.3 is 16.8 Å². The molecule has 0 unspecified atom stereocenters. The molecule has 3 aromatic rings. The van der Waals surface area contributed by atoms with Gasteiger partial charge in [0.05, 0.1) is 21.9 Å². The topological polar surface area (TPSA) is 102 Å². The van der Waals surface area contributed by atoms with Gasteiger partial charge in [-0.3, -0.25) is 9.98 Å². The van der Waals surface area contributed by atoms with E-state index in [1.54, 1.807) is 25.5 Å². The summed E-state index contributed by atoms with van der Waals surface area (Å²) in [4.78, 5) is 12.8. The van der Waals surface area contributed by atoms with E-state index in [2.05, 4.69) is 26.3 Å². The average molecular weight is 367 g/mol. The van der Waals surface area contributed by atoms with E-state index >= 15 is 0 Å². The average Bonchev–Trinajstić information content (AvgIpc) is 2.67. The Morgan fingerprint density at radius 2 is 2.15 bits per heavy atom. The molecule has 0 radical (unpaired) electrons. The molecule has 2 aromatic heterocycles. The van der Waals surface area contributed by atoms with Crippen molar-refractivity contribution in [3.05, 3.63) is 65.1 Å². The molecule has 0 aliphatic rings. The number of nitrogens with two attached hydrogens (primary N) is 2. The van der Waals surface area contributed by atoms with Gasteiger partial charge in [0.2, 0.25) is 0 Å². The summed E-state index contributed by atoms with van der Waals surface area (Å²) in [6, 6.07) is 11.7. The van der Waals surface area contributed by atoms with Crippen LogP contribution in [-0.2, 0) is 6.54 Å². The molecule has 0 bridgehead atoms. The van der Waals surface area contributed by atoms with E-state index in [1.165, 1.54) is 6.20 Å². The Morgan fingerprint density at radius 1 is 1.31 bits per heavy atom. The summed E-state index contributed by atoms with van der Waals surface area (Å²) >= 11 is 6.25. The second kappa shape index (κ2) is 7.84. The number of pyridine rings is 2. The number of anilines is 2. The maximum atomic E-state index is 6.25. The van der Waals surface area contributed by atoms with Gasteiger partial charge in [-0.2, -0.15) is 0 Å². The summed E-state index contributed by atoms with van der Waals surface area (Å²) in [6.07, 6.45) is 4.83. The molecule has 0 aliphatic carbocycles. The number of aliphatic imine (C=N–C) groups is 1. The Morgan fingerprint density at radius 3 is 2.92 bits per heavy atom. The van der Waals surface area contributed by atoms with E-state index in [-0.39, 0.29) is 0 Å². The van der Waals surface area contributed by atoms with E-state index in [9.17, 15) is 0 Å². The van der Waals surface area contributed by atoms with E-state index in [1.807, 2.05) is 24.3 Å². The number of fused-ring (bicyclic) bond motifs is 1. The summed E-state index contributed by atoms with van der Waals surface area (Å²) in [5, 5.41) is 4.73. The largest absolute Gasteiger partial charge is 0.404 e. The highest BCUT2D eigenvalue weighted by Crippen LogP contribution is 2.29. The van der Waals surface area contributed by atoms with Gasteiger partial charge in [0.15, 0.2) is 5.82 Å². The molecular formula is C19H19ClN6. The number of hydrogen-bond donors (Lipinski definition) is 3. The van der Waals surface area contributed by atoms with E-state index in [0.29, 0.717) is 34.3 Å². The van der Waals surface area contributed by atoms with Gasteiger partial charge in [-0.25, -0.2) is 4.98 Å². The SMILES string of the molecule is CN=CC(=CN)c1cc(Cl)c(N)c(NCc2ccc3ncccc3c2)n1. The smallest absolute Gasteiger partial charge is 0.151 e. The zero-order valence-electron chi connectivity index (χ0n) is 14.3. The highest BCUT2D eigenvalue weighted by atomic mass is 35.5. The zero-order valence-corrected chi connectivity index (χ0v) is 15.0. The van der Waals surface area contributed by atoms with Crippen molar-refractivity contribution in [1.29, 1.82) is 0 Å². The molecule has 132 valence electrons. The van der Waals surface area contributed by atoms with E-state index < -0.39 is 0 Å². The van der Waals surface area contributed by atoms with Gasteiger partial charge in [-0.1, -0.05) is 23.7 Å². The van der Waals surface area contributed by atoms with Gasteiger partial charge in [-0.15, -0.1) is 0 Å². The van der Waals surface area contributed by atoms with Crippen LogP contribution in [0.1, 0.15) is 11.3 Å². The number of rotatable bonds is 5. The van der Waals surface area contributed by atoms with Gasteiger partial charge in [0.1, 0.15) is 0 Å². The number of aromatic nitrogens is 2. The lowest BCUT2D eigenvalue weighted by Crippen LogP contribution is -2.07. The van der Waals surface area contributed by atoms with Crippen LogP contribution in [0.2, 0.25) is 5.02 Å². The van der Waals surface area contributed by atoms with Gasteiger partial charge >= 0.3 is 0 Å². The van der Waals surface area contributed by atoms with E-state index in [0.717, 1.165) is 16.5 Å². The Bertz CT molecular complexity index is 996. The second-order valence-electron chi connectivity index (χ2n) is 5.64. The Kier molecular flexibility index (Phi) is 5.34. The molecule has 0 saturated heterocycles. The standard InChI is InChI=1S/C19H19ClN6/c1-23-11-14(9-21)17-8-15(20)18(22)19(26-17)25-10-12-4-5-16-13(7-12)3-2-6-24-16/h2-9,11H,10,21-22H2,1H3,(H,25,26). The molecule has 0 amide bonds. The van der Waals surface area contributed by atoms with Crippen LogP contribution < -0.4 is 16.8 Å². The minimum atomic E-state index is 0.391. The summed E-state index contributed by atoms with van der Waals surface area (Å²) in [7, 11) is 1.66.